The lowest BCUT2D eigenvalue weighted by atomic mass is 9.76. The second-order valence-electron chi connectivity index (χ2n) is 4.35. The van der Waals surface area contributed by atoms with E-state index in [1.807, 2.05) is 0 Å². The molecule has 1 aliphatic heterocycles. The fourth-order valence-electron chi connectivity index (χ4n) is 2.79. The molecule has 0 radical (unpaired) electrons. The van der Waals surface area contributed by atoms with Crippen LogP contribution >= 0.6 is 0 Å². The van der Waals surface area contributed by atoms with Crippen molar-refractivity contribution in [2.75, 3.05) is 0 Å². The van der Waals surface area contributed by atoms with E-state index in [1.165, 1.54) is 0 Å². The fraction of sp³-hybridized carbons (Fsp3) is 0.800. The largest absolute Gasteiger partial charge is 0.481 e. The molecule has 2 N–H and O–H groups in total. The van der Waals surface area contributed by atoms with Gasteiger partial charge in [0.05, 0.1) is 6.42 Å². The van der Waals surface area contributed by atoms with Gasteiger partial charge >= 0.3 is 5.97 Å². The van der Waals surface area contributed by atoms with Crippen molar-refractivity contribution in [3.8, 4) is 0 Å². The summed E-state index contributed by atoms with van der Waals surface area (Å²) in [6, 6.07) is 0.132. The first-order valence-electron chi connectivity index (χ1n) is 5.18. The Labute approximate surface area is 82.7 Å². The quantitative estimate of drug-likeness (QED) is 0.687. The standard InChI is InChI=1S/C10H15NO3/c12-8-4-6-2-1-3-7(5-9(13)14)10(6)11-8/h6-7,10H,1-5H2,(H,11,12)(H,13,14). The molecule has 1 saturated heterocycles. The van der Waals surface area contributed by atoms with E-state index in [1.54, 1.807) is 0 Å². The number of carboxylic acid groups (broad SMARTS) is 1. The maximum Gasteiger partial charge on any atom is 0.303 e. The first kappa shape index (κ1) is 9.49. The third-order valence-electron chi connectivity index (χ3n) is 3.38. The van der Waals surface area contributed by atoms with Crippen LogP contribution in [0.25, 0.3) is 0 Å². The fourth-order valence-corrected chi connectivity index (χ4v) is 2.79. The summed E-state index contributed by atoms with van der Waals surface area (Å²) >= 11 is 0. The Hall–Kier alpha value is -1.06. The highest BCUT2D eigenvalue weighted by molar-refractivity contribution is 5.79. The molecule has 1 saturated carbocycles. The molecule has 0 bridgehead atoms. The van der Waals surface area contributed by atoms with E-state index in [0.29, 0.717) is 12.3 Å². The van der Waals surface area contributed by atoms with Gasteiger partial charge in [-0.15, -0.1) is 0 Å². The Kier molecular flexibility index (Phi) is 2.44. The zero-order valence-corrected chi connectivity index (χ0v) is 8.03. The molecular formula is C10H15NO3. The van der Waals surface area contributed by atoms with Crippen LogP contribution in [-0.2, 0) is 9.59 Å². The summed E-state index contributed by atoms with van der Waals surface area (Å²) in [7, 11) is 0. The topological polar surface area (TPSA) is 66.4 Å². The third kappa shape index (κ3) is 1.74. The van der Waals surface area contributed by atoms with Crippen molar-refractivity contribution in [2.24, 2.45) is 11.8 Å². The molecule has 78 valence electrons. The Bertz CT molecular complexity index is 264. The number of hydrogen-bond acceptors (Lipinski definition) is 2. The van der Waals surface area contributed by atoms with E-state index >= 15 is 0 Å². The average Bonchev–Trinajstić information content (AvgIpc) is 2.45. The predicted octanol–water partition coefficient (Wildman–Crippen LogP) is 0.766. The van der Waals surface area contributed by atoms with Gasteiger partial charge in [-0.3, -0.25) is 9.59 Å². The van der Waals surface area contributed by atoms with Gasteiger partial charge in [-0.05, 0) is 24.7 Å². The second kappa shape index (κ2) is 3.59. The number of hydrogen-bond donors (Lipinski definition) is 2. The van der Waals surface area contributed by atoms with Crippen molar-refractivity contribution in [1.82, 2.24) is 5.32 Å². The van der Waals surface area contributed by atoms with Gasteiger partial charge in [0.15, 0.2) is 0 Å². The highest BCUT2D eigenvalue weighted by atomic mass is 16.4. The number of aliphatic carboxylic acids is 1. The van der Waals surface area contributed by atoms with Crippen LogP contribution in [0.1, 0.15) is 32.1 Å². The number of carbonyl (C=O) groups is 2. The zero-order chi connectivity index (χ0) is 10.1. The molecule has 1 amide bonds. The number of rotatable bonds is 2. The molecule has 1 heterocycles. The molecule has 3 atom stereocenters. The molecule has 4 nitrogen and oxygen atoms in total. The van der Waals surface area contributed by atoms with E-state index in [2.05, 4.69) is 5.32 Å². The number of amides is 1. The molecule has 2 rings (SSSR count). The van der Waals surface area contributed by atoms with Crippen LogP contribution in [-0.4, -0.2) is 23.0 Å². The predicted molar refractivity (Wildman–Crippen MR) is 49.6 cm³/mol. The van der Waals surface area contributed by atoms with Crippen LogP contribution < -0.4 is 5.32 Å². The van der Waals surface area contributed by atoms with Crippen LogP contribution in [0.15, 0.2) is 0 Å². The first-order valence-corrected chi connectivity index (χ1v) is 5.18. The highest BCUT2D eigenvalue weighted by Gasteiger charge is 2.40. The molecule has 2 fully saturated rings. The normalized spacial score (nSPS) is 36.3. The van der Waals surface area contributed by atoms with Crippen LogP contribution in [0.3, 0.4) is 0 Å². The number of nitrogens with one attached hydrogen (secondary N) is 1. The van der Waals surface area contributed by atoms with Crippen molar-refractivity contribution in [2.45, 2.75) is 38.1 Å². The highest BCUT2D eigenvalue weighted by Crippen LogP contribution is 2.36. The van der Waals surface area contributed by atoms with Crippen molar-refractivity contribution in [3.05, 3.63) is 0 Å². The third-order valence-corrected chi connectivity index (χ3v) is 3.38. The molecule has 2 aliphatic rings. The minimum absolute atomic E-state index is 0.0947. The molecular weight excluding hydrogens is 182 g/mol. The lowest BCUT2D eigenvalue weighted by Gasteiger charge is -2.32. The Morgan fingerprint density at radius 2 is 2.29 bits per heavy atom. The Morgan fingerprint density at radius 3 is 3.00 bits per heavy atom. The van der Waals surface area contributed by atoms with Gasteiger partial charge in [-0.1, -0.05) is 6.42 Å². The molecule has 0 aromatic carbocycles. The van der Waals surface area contributed by atoms with Crippen molar-refractivity contribution in [3.63, 3.8) is 0 Å². The lowest BCUT2D eigenvalue weighted by molar-refractivity contribution is -0.138. The summed E-state index contributed by atoms with van der Waals surface area (Å²) in [4.78, 5) is 21.8. The van der Waals surface area contributed by atoms with Crippen LogP contribution in [0.4, 0.5) is 0 Å². The summed E-state index contributed by atoms with van der Waals surface area (Å²) < 4.78 is 0. The van der Waals surface area contributed by atoms with E-state index in [9.17, 15) is 9.59 Å². The van der Waals surface area contributed by atoms with Gasteiger partial charge in [0, 0.05) is 12.5 Å². The zero-order valence-electron chi connectivity index (χ0n) is 8.03. The van der Waals surface area contributed by atoms with Crippen LogP contribution in [0.2, 0.25) is 0 Å². The van der Waals surface area contributed by atoms with Crippen molar-refractivity contribution >= 4 is 11.9 Å². The van der Waals surface area contributed by atoms with Crippen LogP contribution in [0, 0.1) is 11.8 Å². The average molecular weight is 197 g/mol. The van der Waals surface area contributed by atoms with E-state index < -0.39 is 5.97 Å². The lowest BCUT2D eigenvalue weighted by Crippen LogP contribution is -2.40. The van der Waals surface area contributed by atoms with Crippen molar-refractivity contribution in [1.29, 1.82) is 0 Å². The summed E-state index contributed by atoms with van der Waals surface area (Å²) in [5.74, 6) is -0.118. The Balaban J connectivity index is 2.03. The molecule has 14 heavy (non-hydrogen) atoms. The summed E-state index contributed by atoms with van der Waals surface area (Å²) in [5, 5.41) is 11.6. The molecule has 4 heteroatoms. The molecule has 0 aromatic rings. The molecule has 0 spiro atoms. The maximum absolute atomic E-state index is 11.2. The van der Waals surface area contributed by atoms with Gasteiger partial charge in [-0.25, -0.2) is 0 Å². The maximum atomic E-state index is 11.2. The van der Waals surface area contributed by atoms with Gasteiger partial charge in [0.2, 0.25) is 5.91 Å². The molecule has 0 aromatic heterocycles. The van der Waals surface area contributed by atoms with Gasteiger partial charge in [0.1, 0.15) is 0 Å². The number of fused-ring (bicyclic) bond motifs is 1. The monoisotopic (exact) mass is 197 g/mol. The molecule has 3 unspecified atom stereocenters. The first-order chi connectivity index (χ1) is 6.66. The number of carbonyl (C=O) groups excluding carboxylic acids is 1. The minimum Gasteiger partial charge on any atom is -0.481 e. The minimum atomic E-state index is -0.753. The van der Waals surface area contributed by atoms with E-state index in [0.717, 1.165) is 19.3 Å². The van der Waals surface area contributed by atoms with Gasteiger partial charge < -0.3 is 10.4 Å². The number of carboxylic acids is 1. The summed E-state index contributed by atoms with van der Waals surface area (Å²) in [6.07, 6.45) is 3.86. The van der Waals surface area contributed by atoms with Crippen LogP contribution in [0.5, 0.6) is 0 Å². The second-order valence-corrected chi connectivity index (χ2v) is 4.35. The van der Waals surface area contributed by atoms with E-state index in [4.69, 9.17) is 5.11 Å². The summed E-state index contributed by atoms with van der Waals surface area (Å²) in [6.45, 7) is 0. The van der Waals surface area contributed by atoms with Gasteiger partial charge in [0.25, 0.3) is 0 Å². The Morgan fingerprint density at radius 1 is 1.50 bits per heavy atom. The smallest absolute Gasteiger partial charge is 0.303 e. The van der Waals surface area contributed by atoms with Gasteiger partial charge in [-0.2, -0.15) is 0 Å². The molecule has 1 aliphatic carbocycles. The summed E-state index contributed by atoms with van der Waals surface area (Å²) in [5.41, 5.74) is 0. The van der Waals surface area contributed by atoms with E-state index in [-0.39, 0.29) is 24.3 Å². The van der Waals surface area contributed by atoms with Crippen molar-refractivity contribution < 1.29 is 14.7 Å². The SMILES string of the molecule is O=C(O)CC1CCCC2CC(=O)NC12.